The lowest BCUT2D eigenvalue weighted by atomic mass is 9.83. The summed E-state index contributed by atoms with van der Waals surface area (Å²) < 4.78 is 5.20. The SMILES string of the molecule is CC(C)(C)c1cc2c3ccccc3sc2c2c1c1ccccc1n2-c1ccccc1. The fraction of sp³-hybridized carbons (Fsp3) is 0.143. The van der Waals surface area contributed by atoms with Crippen LogP contribution in [0, 0.1) is 0 Å². The summed E-state index contributed by atoms with van der Waals surface area (Å²) in [7, 11) is 0. The van der Waals surface area contributed by atoms with Crippen LogP contribution in [0.2, 0.25) is 0 Å². The lowest BCUT2D eigenvalue weighted by Gasteiger charge is -2.21. The van der Waals surface area contributed by atoms with Crippen molar-refractivity contribution in [1.29, 1.82) is 0 Å². The predicted molar refractivity (Wildman–Crippen MR) is 132 cm³/mol. The molecule has 0 fully saturated rings. The zero-order valence-electron chi connectivity index (χ0n) is 17.4. The Kier molecular flexibility index (Phi) is 3.66. The Bertz CT molecular complexity index is 1560. The van der Waals surface area contributed by atoms with Crippen LogP contribution in [0.5, 0.6) is 0 Å². The summed E-state index contributed by atoms with van der Waals surface area (Å²) in [5, 5.41) is 5.45. The van der Waals surface area contributed by atoms with E-state index in [1.54, 1.807) is 0 Å². The molecule has 0 radical (unpaired) electrons. The molecule has 0 N–H and O–H groups in total. The molecule has 0 bridgehead atoms. The molecule has 6 aromatic rings. The highest BCUT2D eigenvalue weighted by molar-refractivity contribution is 7.26. The maximum atomic E-state index is 2.47. The van der Waals surface area contributed by atoms with Gasteiger partial charge < -0.3 is 4.57 Å². The van der Waals surface area contributed by atoms with Crippen LogP contribution in [0.25, 0.3) is 47.7 Å². The second-order valence-electron chi connectivity index (χ2n) is 9.06. The van der Waals surface area contributed by atoms with E-state index in [1.807, 2.05) is 11.3 Å². The van der Waals surface area contributed by atoms with E-state index in [-0.39, 0.29) is 5.41 Å². The molecule has 1 nitrogen and oxygen atoms in total. The molecule has 0 aliphatic carbocycles. The van der Waals surface area contributed by atoms with Gasteiger partial charge in [-0.15, -0.1) is 11.3 Å². The zero-order valence-corrected chi connectivity index (χ0v) is 18.3. The Morgan fingerprint density at radius 2 is 1.37 bits per heavy atom. The normalized spacial score (nSPS) is 12.5. The van der Waals surface area contributed by atoms with E-state index >= 15 is 0 Å². The summed E-state index contributed by atoms with van der Waals surface area (Å²) in [6, 6.07) is 30.9. The molecule has 2 aromatic heterocycles. The van der Waals surface area contributed by atoms with Crippen molar-refractivity contribution in [2.45, 2.75) is 26.2 Å². The van der Waals surface area contributed by atoms with Crippen molar-refractivity contribution in [2.75, 3.05) is 0 Å². The number of aromatic nitrogens is 1. The van der Waals surface area contributed by atoms with Gasteiger partial charge in [0.15, 0.2) is 0 Å². The minimum atomic E-state index is 0.0428. The number of para-hydroxylation sites is 2. The van der Waals surface area contributed by atoms with Crippen molar-refractivity contribution in [1.82, 2.24) is 4.57 Å². The predicted octanol–water partition coefficient (Wildman–Crippen LogP) is 8.45. The van der Waals surface area contributed by atoms with Gasteiger partial charge in [0, 0.05) is 31.9 Å². The van der Waals surface area contributed by atoms with Crippen LogP contribution < -0.4 is 0 Å². The monoisotopic (exact) mass is 405 g/mol. The highest BCUT2D eigenvalue weighted by Gasteiger charge is 2.25. The third-order valence-electron chi connectivity index (χ3n) is 6.10. The Morgan fingerprint density at radius 1 is 0.700 bits per heavy atom. The van der Waals surface area contributed by atoms with E-state index in [0.717, 1.165) is 0 Å². The minimum Gasteiger partial charge on any atom is -0.308 e. The number of hydrogen-bond acceptors (Lipinski definition) is 1. The topological polar surface area (TPSA) is 4.93 Å². The van der Waals surface area contributed by atoms with E-state index in [2.05, 4.69) is 110 Å². The van der Waals surface area contributed by atoms with E-state index in [4.69, 9.17) is 0 Å². The summed E-state index contributed by atoms with van der Waals surface area (Å²) in [4.78, 5) is 0. The van der Waals surface area contributed by atoms with Crippen LogP contribution >= 0.6 is 11.3 Å². The van der Waals surface area contributed by atoms with Gasteiger partial charge in [0.2, 0.25) is 0 Å². The zero-order chi connectivity index (χ0) is 20.5. The molecule has 2 heterocycles. The lowest BCUT2D eigenvalue weighted by molar-refractivity contribution is 0.597. The smallest absolute Gasteiger partial charge is 0.0722 e. The van der Waals surface area contributed by atoms with Crippen molar-refractivity contribution in [3.63, 3.8) is 0 Å². The standard InChI is InChI=1S/C28H23NS/c1-28(2,3)22-17-21-19-13-8-10-16-24(19)30-27(21)26-25(22)20-14-7-9-15-23(20)29(26)18-11-5-4-6-12-18/h4-17H,1-3H3. The highest BCUT2D eigenvalue weighted by Crippen LogP contribution is 2.46. The van der Waals surface area contributed by atoms with Gasteiger partial charge in [-0.1, -0.05) is 75.4 Å². The first-order chi connectivity index (χ1) is 14.5. The average Bonchev–Trinajstić information content (AvgIpc) is 3.29. The summed E-state index contributed by atoms with van der Waals surface area (Å²) in [5.74, 6) is 0. The maximum Gasteiger partial charge on any atom is 0.0722 e. The Morgan fingerprint density at radius 3 is 2.13 bits per heavy atom. The summed E-state index contributed by atoms with van der Waals surface area (Å²) in [5.41, 5.74) is 5.29. The van der Waals surface area contributed by atoms with Gasteiger partial charge in [0.25, 0.3) is 0 Å². The maximum absolute atomic E-state index is 2.47. The number of thiophene rings is 1. The molecule has 0 aliphatic heterocycles. The third-order valence-corrected chi connectivity index (χ3v) is 7.30. The second kappa shape index (κ2) is 6.20. The first-order valence-electron chi connectivity index (χ1n) is 10.5. The summed E-state index contributed by atoms with van der Waals surface area (Å²) >= 11 is 1.91. The fourth-order valence-electron chi connectivity index (χ4n) is 4.77. The van der Waals surface area contributed by atoms with Crippen LogP contribution in [0.15, 0.2) is 84.9 Å². The fourth-order valence-corrected chi connectivity index (χ4v) is 5.99. The molecule has 0 amide bonds. The first kappa shape index (κ1) is 17.7. The van der Waals surface area contributed by atoms with Crippen LogP contribution in [0.3, 0.4) is 0 Å². The number of fused-ring (bicyclic) bond motifs is 7. The lowest BCUT2D eigenvalue weighted by Crippen LogP contribution is -2.11. The van der Waals surface area contributed by atoms with Gasteiger partial charge >= 0.3 is 0 Å². The van der Waals surface area contributed by atoms with Gasteiger partial charge in [-0.25, -0.2) is 0 Å². The minimum absolute atomic E-state index is 0.0428. The Balaban J connectivity index is 1.97. The van der Waals surface area contributed by atoms with Crippen molar-refractivity contribution in [3.05, 3.63) is 90.5 Å². The van der Waals surface area contributed by atoms with Gasteiger partial charge in [-0.2, -0.15) is 0 Å². The average molecular weight is 406 g/mol. The van der Waals surface area contributed by atoms with Crippen LogP contribution in [-0.2, 0) is 5.41 Å². The third kappa shape index (κ3) is 2.41. The number of hydrogen-bond donors (Lipinski definition) is 0. The van der Waals surface area contributed by atoms with Crippen LogP contribution in [0.4, 0.5) is 0 Å². The number of benzene rings is 4. The summed E-state index contributed by atoms with van der Waals surface area (Å²) in [6.45, 7) is 6.99. The van der Waals surface area contributed by atoms with E-state index < -0.39 is 0 Å². The molecule has 0 unspecified atom stereocenters. The molecule has 0 saturated carbocycles. The number of rotatable bonds is 1. The molecule has 0 aliphatic rings. The van der Waals surface area contributed by atoms with Crippen molar-refractivity contribution < 1.29 is 0 Å². The Labute approximate surface area is 180 Å². The van der Waals surface area contributed by atoms with Crippen molar-refractivity contribution in [3.8, 4) is 5.69 Å². The van der Waals surface area contributed by atoms with E-state index in [9.17, 15) is 0 Å². The van der Waals surface area contributed by atoms with Gasteiger partial charge in [-0.05, 0) is 41.3 Å². The van der Waals surface area contributed by atoms with Gasteiger partial charge in [0.1, 0.15) is 0 Å². The number of nitrogens with zero attached hydrogens (tertiary/aromatic N) is 1. The van der Waals surface area contributed by atoms with E-state index in [0.29, 0.717) is 0 Å². The molecule has 0 atom stereocenters. The van der Waals surface area contributed by atoms with Crippen LogP contribution in [0.1, 0.15) is 26.3 Å². The molecular weight excluding hydrogens is 382 g/mol. The second-order valence-corrected chi connectivity index (χ2v) is 10.1. The molecule has 6 rings (SSSR count). The quantitative estimate of drug-likeness (QED) is 0.258. The Hall–Kier alpha value is -3.10. The summed E-state index contributed by atoms with van der Waals surface area (Å²) in [6.07, 6.45) is 0. The highest BCUT2D eigenvalue weighted by atomic mass is 32.1. The molecule has 0 spiro atoms. The largest absolute Gasteiger partial charge is 0.308 e. The first-order valence-corrected chi connectivity index (χ1v) is 11.3. The molecule has 0 saturated heterocycles. The van der Waals surface area contributed by atoms with Crippen molar-refractivity contribution in [2.24, 2.45) is 0 Å². The molecule has 30 heavy (non-hydrogen) atoms. The molecular formula is C28H23NS. The van der Waals surface area contributed by atoms with Gasteiger partial charge in [-0.3, -0.25) is 0 Å². The molecule has 146 valence electrons. The van der Waals surface area contributed by atoms with E-state index in [1.165, 1.54) is 53.2 Å². The molecule has 4 aromatic carbocycles. The van der Waals surface area contributed by atoms with Crippen LogP contribution in [-0.4, -0.2) is 4.57 Å². The van der Waals surface area contributed by atoms with Gasteiger partial charge in [0.05, 0.1) is 15.7 Å². The molecule has 2 heteroatoms. The van der Waals surface area contributed by atoms with Crippen molar-refractivity contribution >= 4 is 53.3 Å².